The highest BCUT2D eigenvalue weighted by Crippen LogP contribution is 2.44. The van der Waals surface area contributed by atoms with Crippen molar-refractivity contribution in [2.45, 2.75) is 65.8 Å². The fourth-order valence-corrected chi connectivity index (χ4v) is 5.59. The number of aliphatic hydroxyl groups excluding tert-OH is 1. The number of esters is 1. The second-order valence-electron chi connectivity index (χ2n) is 10.9. The van der Waals surface area contributed by atoms with Crippen molar-refractivity contribution < 1.29 is 29.0 Å². The van der Waals surface area contributed by atoms with Gasteiger partial charge in [-0.25, -0.2) is 9.78 Å². The lowest BCUT2D eigenvalue weighted by Crippen LogP contribution is -2.29. The van der Waals surface area contributed by atoms with E-state index in [1.54, 1.807) is 38.1 Å². The molecule has 1 N–H and O–H groups in total. The minimum atomic E-state index is -0.964. The summed E-state index contributed by atoms with van der Waals surface area (Å²) in [4.78, 5) is 45.7. The van der Waals surface area contributed by atoms with E-state index in [1.807, 2.05) is 24.3 Å². The van der Waals surface area contributed by atoms with E-state index in [0.29, 0.717) is 29.2 Å². The van der Waals surface area contributed by atoms with Gasteiger partial charge in [0, 0.05) is 5.56 Å². The summed E-state index contributed by atoms with van der Waals surface area (Å²) in [6.45, 7) is 12.4. The summed E-state index contributed by atoms with van der Waals surface area (Å²) in [7, 11) is 0. The molecule has 0 spiro atoms. The van der Waals surface area contributed by atoms with E-state index < -0.39 is 23.7 Å². The Morgan fingerprint density at radius 3 is 2.44 bits per heavy atom. The molecule has 1 unspecified atom stereocenters. The lowest BCUT2D eigenvalue weighted by atomic mass is 9.85. The number of benzene rings is 2. The highest BCUT2D eigenvalue weighted by atomic mass is 32.1. The van der Waals surface area contributed by atoms with E-state index in [0.717, 1.165) is 29.7 Å². The Hall–Kier alpha value is -3.98. The normalized spacial score (nSPS) is 16.7. The molecule has 4 rings (SSSR count). The van der Waals surface area contributed by atoms with Crippen LogP contribution in [-0.4, -0.2) is 41.0 Å². The first-order valence-electron chi connectivity index (χ1n) is 13.8. The van der Waals surface area contributed by atoms with E-state index >= 15 is 0 Å². The summed E-state index contributed by atoms with van der Waals surface area (Å²) in [5, 5.41) is 11.7. The number of anilines is 1. The molecule has 1 aliphatic heterocycles. The third-order valence-electron chi connectivity index (χ3n) is 6.86. The molecule has 9 heteroatoms. The van der Waals surface area contributed by atoms with Crippen LogP contribution in [0.3, 0.4) is 0 Å². The number of carbonyl (C=O) groups excluding carboxylic acids is 3. The van der Waals surface area contributed by atoms with Crippen LogP contribution in [0.4, 0.5) is 5.13 Å². The Morgan fingerprint density at radius 1 is 1.10 bits per heavy atom. The number of ether oxygens (including phenoxy) is 2. The number of aliphatic hydroxyl groups is 1. The summed E-state index contributed by atoms with van der Waals surface area (Å²) < 4.78 is 11.0. The molecule has 1 aliphatic rings. The quantitative estimate of drug-likeness (QED) is 0.0990. The molecule has 41 heavy (non-hydrogen) atoms. The van der Waals surface area contributed by atoms with Gasteiger partial charge in [-0.3, -0.25) is 14.5 Å². The van der Waals surface area contributed by atoms with Gasteiger partial charge < -0.3 is 14.6 Å². The summed E-state index contributed by atoms with van der Waals surface area (Å²) >= 11 is 0.983. The largest absolute Gasteiger partial charge is 0.507 e. The van der Waals surface area contributed by atoms with Crippen LogP contribution in [0, 0.1) is 6.92 Å². The second-order valence-corrected chi connectivity index (χ2v) is 11.9. The number of ketones is 1. The maximum absolute atomic E-state index is 13.6. The molecule has 0 bridgehead atoms. The van der Waals surface area contributed by atoms with Crippen molar-refractivity contribution in [2.75, 3.05) is 18.1 Å². The van der Waals surface area contributed by atoms with Crippen molar-refractivity contribution in [3.05, 3.63) is 81.4 Å². The average Bonchev–Trinajstić information content (AvgIpc) is 3.45. The third-order valence-corrected chi connectivity index (χ3v) is 8.00. The van der Waals surface area contributed by atoms with Crippen LogP contribution in [0.2, 0.25) is 0 Å². The van der Waals surface area contributed by atoms with Gasteiger partial charge in [0.15, 0.2) is 5.13 Å². The Labute approximate surface area is 244 Å². The van der Waals surface area contributed by atoms with E-state index in [4.69, 9.17) is 9.47 Å². The van der Waals surface area contributed by atoms with Gasteiger partial charge in [0.25, 0.3) is 5.78 Å². The van der Waals surface area contributed by atoms with Gasteiger partial charge >= 0.3 is 11.9 Å². The number of unbranched alkanes of at least 4 members (excludes halogenated alkanes) is 1. The zero-order chi connectivity index (χ0) is 29.9. The number of aryl methyl sites for hydroxylation is 1. The minimum Gasteiger partial charge on any atom is -0.507 e. The monoisotopic (exact) mass is 576 g/mol. The Kier molecular flexibility index (Phi) is 8.97. The van der Waals surface area contributed by atoms with Crippen LogP contribution < -0.4 is 9.64 Å². The predicted octanol–water partition coefficient (Wildman–Crippen LogP) is 6.73. The average molecular weight is 577 g/mol. The van der Waals surface area contributed by atoms with Gasteiger partial charge in [-0.2, -0.15) is 0 Å². The van der Waals surface area contributed by atoms with Gasteiger partial charge in [-0.1, -0.05) is 81.9 Å². The maximum atomic E-state index is 13.6. The second kappa shape index (κ2) is 12.3. The van der Waals surface area contributed by atoms with Crippen LogP contribution in [0.5, 0.6) is 5.75 Å². The molecule has 0 saturated carbocycles. The first-order chi connectivity index (χ1) is 19.5. The van der Waals surface area contributed by atoms with Crippen LogP contribution in [0.1, 0.15) is 85.6 Å². The van der Waals surface area contributed by atoms with Crippen molar-refractivity contribution in [1.29, 1.82) is 0 Å². The van der Waals surface area contributed by atoms with Crippen LogP contribution in [-0.2, 0) is 19.7 Å². The van der Waals surface area contributed by atoms with Crippen molar-refractivity contribution in [3.8, 4) is 5.75 Å². The number of hydrogen-bond donors (Lipinski definition) is 1. The van der Waals surface area contributed by atoms with Gasteiger partial charge in [0.1, 0.15) is 16.4 Å². The molecule has 1 saturated heterocycles. The first kappa shape index (κ1) is 30.0. The molecule has 0 aliphatic carbocycles. The highest BCUT2D eigenvalue weighted by molar-refractivity contribution is 7.17. The molecular weight excluding hydrogens is 540 g/mol. The number of Topliss-reactive ketones (excluding diaryl/α,β-unsaturated/α-hetero) is 1. The van der Waals surface area contributed by atoms with Gasteiger partial charge in [0.05, 0.1) is 30.5 Å². The number of rotatable bonds is 9. The molecule has 2 heterocycles. The minimum absolute atomic E-state index is 0.0604. The number of aromatic nitrogens is 1. The maximum Gasteiger partial charge on any atom is 0.350 e. The van der Waals surface area contributed by atoms with Crippen LogP contribution >= 0.6 is 11.3 Å². The summed E-state index contributed by atoms with van der Waals surface area (Å²) in [5.74, 6) is -1.98. The molecule has 1 atom stereocenters. The molecule has 1 amide bonds. The van der Waals surface area contributed by atoms with Crippen molar-refractivity contribution in [3.63, 3.8) is 0 Å². The lowest BCUT2D eigenvalue weighted by molar-refractivity contribution is -0.132. The SMILES string of the molecule is CCCCOc1cccc(/C(O)=C2\C(=O)C(=O)N(c3nc(C)c(C(=O)OCC)s3)C2c2ccc(C(C)(C)C)cc2)c1. The molecule has 8 nitrogen and oxygen atoms in total. The highest BCUT2D eigenvalue weighted by Gasteiger charge is 2.48. The molecule has 1 aromatic heterocycles. The summed E-state index contributed by atoms with van der Waals surface area (Å²) in [5.41, 5.74) is 2.28. The lowest BCUT2D eigenvalue weighted by Gasteiger charge is -2.25. The Bertz CT molecular complexity index is 1480. The Balaban J connectivity index is 1.87. The first-order valence-corrected chi connectivity index (χ1v) is 14.6. The number of carbonyl (C=O) groups is 3. The molecule has 3 aromatic rings. The van der Waals surface area contributed by atoms with Crippen molar-refractivity contribution >= 4 is 39.9 Å². The van der Waals surface area contributed by atoms with E-state index in [1.165, 1.54) is 4.90 Å². The zero-order valence-corrected chi connectivity index (χ0v) is 25.1. The van der Waals surface area contributed by atoms with Crippen molar-refractivity contribution in [1.82, 2.24) is 4.98 Å². The van der Waals surface area contributed by atoms with E-state index in [9.17, 15) is 19.5 Å². The molecule has 216 valence electrons. The van der Waals surface area contributed by atoms with E-state index in [-0.39, 0.29) is 33.4 Å². The number of thiazole rings is 1. The predicted molar refractivity (Wildman–Crippen MR) is 160 cm³/mol. The van der Waals surface area contributed by atoms with Gasteiger partial charge in [0.2, 0.25) is 0 Å². The summed E-state index contributed by atoms with van der Waals surface area (Å²) in [6.07, 6.45) is 1.86. The van der Waals surface area contributed by atoms with Gasteiger partial charge in [-0.15, -0.1) is 0 Å². The van der Waals surface area contributed by atoms with E-state index in [2.05, 4.69) is 32.7 Å². The third kappa shape index (κ3) is 6.20. The number of hydrogen-bond acceptors (Lipinski definition) is 8. The van der Waals surface area contributed by atoms with Gasteiger partial charge in [-0.05, 0) is 48.9 Å². The molecular formula is C32H36N2O6S. The molecule has 2 aromatic carbocycles. The number of nitrogens with zero attached hydrogens (tertiary/aromatic N) is 2. The molecule has 1 fully saturated rings. The Morgan fingerprint density at radius 2 is 1.80 bits per heavy atom. The number of amides is 1. The zero-order valence-electron chi connectivity index (χ0n) is 24.3. The topological polar surface area (TPSA) is 106 Å². The smallest absolute Gasteiger partial charge is 0.350 e. The fraction of sp³-hybridized carbons (Fsp3) is 0.375. The van der Waals surface area contributed by atoms with Crippen molar-refractivity contribution in [2.24, 2.45) is 0 Å². The standard InChI is InChI=1S/C32H36N2O6S/c1-7-9-17-40-23-12-10-11-21(18-23)26(35)24-25(20-13-15-22(16-14-20)32(4,5)6)34(29(37)27(24)36)31-33-19(3)28(41-31)30(38)39-8-2/h10-16,18,25,35H,7-9,17H2,1-6H3/b26-24+. The summed E-state index contributed by atoms with van der Waals surface area (Å²) in [6, 6.07) is 13.5. The fourth-order valence-electron chi connectivity index (χ4n) is 4.60. The molecule has 0 radical (unpaired) electrons. The van der Waals surface area contributed by atoms with Crippen LogP contribution in [0.15, 0.2) is 54.1 Å². The van der Waals surface area contributed by atoms with Crippen LogP contribution in [0.25, 0.3) is 5.76 Å².